The number of ether oxygens (including phenoxy) is 3. The van der Waals surface area contributed by atoms with Gasteiger partial charge in [0.15, 0.2) is 0 Å². The molecule has 0 heterocycles. The Kier molecular flexibility index (Phi) is 8.29. The van der Waals surface area contributed by atoms with Crippen LogP contribution < -0.4 is 14.2 Å². The quantitative estimate of drug-likeness (QED) is 0.151. The summed E-state index contributed by atoms with van der Waals surface area (Å²) < 4.78 is 16.7. The van der Waals surface area contributed by atoms with Crippen LogP contribution >= 0.6 is 0 Å². The van der Waals surface area contributed by atoms with E-state index in [1.54, 1.807) is 42.5 Å². The first-order valence-electron chi connectivity index (χ1n) is 10.6. The van der Waals surface area contributed by atoms with Gasteiger partial charge < -0.3 is 14.2 Å². The summed E-state index contributed by atoms with van der Waals surface area (Å²) in [6.45, 7) is 6.97. The minimum absolute atomic E-state index is 0.394. The van der Waals surface area contributed by atoms with Crippen molar-refractivity contribution in [3.8, 4) is 28.4 Å². The minimum Gasteiger partial charge on any atom is -0.494 e. The Morgan fingerprint density at radius 1 is 0.774 bits per heavy atom. The molecule has 0 aliphatic heterocycles. The molecule has 4 heteroatoms. The summed E-state index contributed by atoms with van der Waals surface area (Å²) in [4.78, 5) is 12.4. The lowest BCUT2D eigenvalue weighted by Gasteiger charge is -2.08. The molecule has 3 aromatic rings. The summed E-state index contributed by atoms with van der Waals surface area (Å²) in [6.07, 6.45) is 5.05. The van der Waals surface area contributed by atoms with Gasteiger partial charge in [0.2, 0.25) is 0 Å². The number of esters is 1. The molecule has 31 heavy (non-hydrogen) atoms. The number of rotatable bonds is 11. The molecule has 0 amide bonds. The van der Waals surface area contributed by atoms with E-state index >= 15 is 0 Å². The van der Waals surface area contributed by atoms with Crippen molar-refractivity contribution in [3.05, 3.63) is 91.0 Å². The Balaban J connectivity index is 1.55. The summed E-state index contributed by atoms with van der Waals surface area (Å²) in [7, 11) is 0. The van der Waals surface area contributed by atoms with Gasteiger partial charge in [-0.15, -0.1) is 0 Å². The van der Waals surface area contributed by atoms with E-state index in [-0.39, 0.29) is 0 Å². The van der Waals surface area contributed by atoms with Crippen molar-refractivity contribution in [2.45, 2.75) is 26.2 Å². The van der Waals surface area contributed by atoms with E-state index < -0.39 is 5.97 Å². The van der Waals surface area contributed by atoms with Crippen molar-refractivity contribution in [2.75, 3.05) is 13.2 Å². The molecule has 0 fully saturated rings. The van der Waals surface area contributed by atoms with Crippen LogP contribution in [0.15, 0.2) is 85.5 Å². The number of carbonyl (C=O) groups is 1. The van der Waals surface area contributed by atoms with Crippen molar-refractivity contribution >= 4 is 5.97 Å². The summed E-state index contributed by atoms with van der Waals surface area (Å²) in [6, 6.07) is 22.3. The highest BCUT2D eigenvalue weighted by molar-refractivity contribution is 5.91. The number of hydrogen-bond acceptors (Lipinski definition) is 4. The predicted molar refractivity (Wildman–Crippen MR) is 124 cm³/mol. The average Bonchev–Trinajstić information content (AvgIpc) is 2.82. The fraction of sp³-hybridized carbons (Fsp3) is 0.222. The van der Waals surface area contributed by atoms with Gasteiger partial charge in [0.1, 0.15) is 23.9 Å². The summed E-state index contributed by atoms with van der Waals surface area (Å²) in [5, 5.41) is 0. The first-order chi connectivity index (χ1) is 15.2. The highest BCUT2D eigenvalue weighted by Crippen LogP contribution is 2.25. The Hall–Kier alpha value is -3.53. The molecular formula is C27H28O4. The maximum atomic E-state index is 12.4. The van der Waals surface area contributed by atoms with Gasteiger partial charge >= 0.3 is 5.97 Å². The molecular weight excluding hydrogens is 388 g/mol. The van der Waals surface area contributed by atoms with Crippen LogP contribution in [0.1, 0.15) is 36.5 Å². The van der Waals surface area contributed by atoms with Gasteiger partial charge in [-0.25, -0.2) is 4.79 Å². The molecule has 0 atom stereocenters. The second-order valence-corrected chi connectivity index (χ2v) is 7.12. The van der Waals surface area contributed by atoms with Gasteiger partial charge in [0, 0.05) is 0 Å². The van der Waals surface area contributed by atoms with Crippen molar-refractivity contribution in [1.82, 2.24) is 0 Å². The summed E-state index contributed by atoms with van der Waals surface area (Å²) in [5.74, 6) is 1.66. The SMILES string of the molecule is C=CCOc1ccc(-c2ccc(OC(=O)c3ccc(OCCCCC)cc3)cc2)cc1. The molecule has 0 radical (unpaired) electrons. The van der Waals surface area contributed by atoms with Gasteiger partial charge in [0.25, 0.3) is 0 Å². The third-order valence-corrected chi connectivity index (χ3v) is 4.73. The minimum atomic E-state index is -0.394. The summed E-state index contributed by atoms with van der Waals surface area (Å²) in [5.41, 5.74) is 2.57. The van der Waals surface area contributed by atoms with Crippen LogP contribution in [-0.2, 0) is 0 Å². The maximum Gasteiger partial charge on any atom is 0.343 e. The van der Waals surface area contributed by atoms with E-state index in [2.05, 4.69) is 13.5 Å². The number of carbonyl (C=O) groups excluding carboxylic acids is 1. The van der Waals surface area contributed by atoms with E-state index in [0.29, 0.717) is 24.5 Å². The molecule has 0 N–H and O–H groups in total. The van der Waals surface area contributed by atoms with Crippen LogP contribution in [-0.4, -0.2) is 19.2 Å². The van der Waals surface area contributed by atoms with E-state index in [9.17, 15) is 4.79 Å². The van der Waals surface area contributed by atoms with E-state index in [1.165, 1.54) is 0 Å². The normalized spacial score (nSPS) is 10.4. The van der Waals surface area contributed by atoms with E-state index in [1.807, 2.05) is 36.4 Å². The van der Waals surface area contributed by atoms with Crippen LogP contribution in [0.4, 0.5) is 0 Å². The zero-order valence-corrected chi connectivity index (χ0v) is 17.9. The summed E-state index contributed by atoms with van der Waals surface area (Å²) >= 11 is 0. The van der Waals surface area contributed by atoms with E-state index in [4.69, 9.17) is 14.2 Å². The lowest BCUT2D eigenvalue weighted by Crippen LogP contribution is -2.08. The van der Waals surface area contributed by atoms with Gasteiger partial charge in [-0.2, -0.15) is 0 Å². The topological polar surface area (TPSA) is 44.8 Å². The van der Waals surface area contributed by atoms with E-state index in [0.717, 1.165) is 41.9 Å². The molecule has 0 saturated heterocycles. The van der Waals surface area contributed by atoms with Gasteiger partial charge in [-0.3, -0.25) is 0 Å². The zero-order chi connectivity index (χ0) is 21.9. The van der Waals surface area contributed by atoms with Crippen LogP contribution in [0.3, 0.4) is 0 Å². The van der Waals surface area contributed by atoms with Gasteiger partial charge in [-0.1, -0.05) is 56.7 Å². The highest BCUT2D eigenvalue weighted by atomic mass is 16.5. The standard InChI is InChI=1S/C27H28O4/c1-3-5-6-20-30-25-15-11-23(12-16-25)27(28)31-26-17-9-22(10-18-26)21-7-13-24(14-8-21)29-19-4-2/h4,7-18H,2-3,5-6,19-20H2,1H3. The maximum absolute atomic E-state index is 12.4. The highest BCUT2D eigenvalue weighted by Gasteiger charge is 2.09. The Morgan fingerprint density at radius 3 is 1.90 bits per heavy atom. The lowest BCUT2D eigenvalue weighted by molar-refractivity contribution is 0.0734. The van der Waals surface area contributed by atoms with Crippen LogP contribution in [0.2, 0.25) is 0 Å². The predicted octanol–water partition coefficient (Wildman–Crippen LogP) is 6.71. The Bertz CT molecular complexity index is 958. The Morgan fingerprint density at radius 2 is 1.32 bits per heavy atom. The molecule has 3 rings (SSSR count). The monoisotopic (exact) mass is 416 g/mol. The first-order valence-corrected chi connectivity index (χ1v) is 10.6. The molecule has 0 saturated carbocycles. The number of hydrogen-bond donors (Lipinski definition) is 0. The zero-order valence-electron chi connectivity index (χ0n) is 17.9. The molecule has 0 aliphatic carbocycles. The third kappa shape index (κ3) is 6.75. The largest absolute Gasteiger partial charge is 0.494 e. The molecule has 4 nitrogen and oxygen atoms in total. The second kappa shape index (κ2) is 11.6. The van der Waals surface area contributed by atoms with Crippen molar-refractivity contribution in [3.63, 3.8) is 0 Å². The van der Waals surface area contributed by atoms with Gasteiger partial charge in [0.05, 0.1) is 12.2 Å². The van der Waals surface area contributed by atoms with Crippen LogP contribution in [0, 0.1) is 0 Å². The van der Waals surface area contributed by atoms with Crippen LogP contribution in [0.5, 0.6) is 17.2 Å². The molecule has 3 aromatic carbocycles. The fourth-order valence-corrected chi connectivity index (χ4v) is 3.01. The van der Waals surface area contributed by atoms with Crippen molar-refractivity contribution < 1.29 is 19.0 Å². The fourth-order valence-electron chi connectivity index (χ4n) is 3.01. The average molecular weight is 417 g/mol. The molecule has 0 aromatic heterocycles. The van der Waals surface area contributed by atoms with Crippen LogP contribution in [0.25, 0.3) is 11.1 Å². The number of unbranched alkanes of at least 4 members (excludes halogenated alkanes) is 2. The first kappa shape index (κ1) is 22.2. The smallest absolute Gasteiger partial charge is 0.343 e. The third-order valence-electron chi connectivity index (χ3n) is 4.73. The Labute approximate surface area is 184 Å². The van der Waals surface area contributed by atoms with Crippen molar-refractivity contribution in [1.29, 1.82) is 0 Å². The van der Waals surface area contributed by atoms with Gasteiger partial charge in [-0.05, 0) is 66.1 Å². The molecule has 0 aliphatic rings. The molecule has 160 valence electrons. The lowest BCUT2D eigenvalue weighted by atomic mass is 10.1. The molecule has 0 spiro atoms. The molecule has 0 bridgehead atoms. The van der Waals surface area contributed by atoms with Crippen molar-refractivity contribution in [2.24, 2.45) is 0 Å². The molecule has 0 unspecified atom stereocenters. The number of benzene rings is 3. The second-order valence-electron chi connectivity index (χ2n) is 7.12.